The molecule has 0 radical (unpaired) electrons. The molecule has 0 aliphatic carbocycles. The highest BCUT2D eigenvalue weighted by atomic mass is 19.1. The number of halogens is 1. The minimum absolute atomic E-state index is 0.0540. The lowest BCUT2D eigenvalue weighted by atomic mass is 10.1. The van der Waals surface area contributed by atoms with Gasteiger partial charge in [0.2, 0.25) is 29.5 Å². The predicted molar refractivity (Wildman–Crippen MR) is 194 cm³/mol. The van der Waals surface area contributed by atoms with Crippen LogP contribution in [-0.2, 0) is 46.3 Å². The summed E-state index contributed by atoms with van der Waals surface area (Å²) < 4.78 is 23.7. The number of nitrogens with zero attached hydrogens (tertiary/aromatic N) is 4. The molecule has 280 valence electrons. The first-order valence-corrected chi connectivity index (χ1v) is 17.0. The summed E-state index contributed by atoms with van der Waals surface area (Å²) in [4.78, 5) is 71.8. The van der Waals surface area contributed by atoms with E-state index in [2.05, 4.69) is 5.32 Å². The molecule has 3 rings (SSSR count). The van der Waals surface area contributed by atoms with Crippen LogP contribution in [0.25, 0.3) is 0 Å². The molecule has 52 heavy (non-hydrogen) atoms. The number of benzene rings is 3. The van der Waals surface area contributed by atoms with E-state index in [1.54, 1.807) is 0 Å². The maximum absolute atomic E-state index is 13.9. The van der Waals surface area contributed by atoms with Gasteiger partial charge in [-0.1, -0.05) is 60.7 Å². The minimum Gasteiger partial charge on any atom is -0.383 e. The third-order valence-corrected chi connectivity index (χ3v) is 8.18. The SMILES string of the molecule is COCCN(CC(=O)N(CCc1ccccc1)CC(=O)N(CCOC)CC(=O)N(CCc1ccccc1)CC(N)=O)C(=O)CNc1ccc(F)cc1. The fourth-order valence-electron chi connectivity index (χ4n) is 5.22. The predicted octanol–water partition coefficient (Wildman–Crippen LogP) is 1.82. The van der Waals surface area contributed by atoms with E-state index in [4.69, 9.17) is 15.2 Å². The molecule has 3 aromatic carbocycles. The van der Waals surface area contributed by atoms with Crippen LogP contribution in [0.5, 0.6) is 0 Å². The van der Waals surface area contributed by atoms with Gasteiger partial charge >= 0.3 is 0 Å². The summed E-state index contributed by atoms with van der Waals surface area (Å²) in [6.07, 6.45) is 0.909. The number of anilines is 1. The highest BCUT2D eigenvalue weighted by Gasteiger charge is 2.27. The van der Waals surface area contributed by atoms with E-state index < -0.39 is 35.4 Å². The molecule has 0 aliphatic heterocycles. The number of ether oxygens (including phenoxy) is 2. The highest BCUT2D eigenvalue weighted by Crippen LogP contribution is 2.10. The van der Waals surface area contributed by atoms with Crippen LogP contribution in [0.4, 0.5) is 10.1 Å². The molecule has 3 aromatic rings. The Hall–Kier alpha value is -5.34. The third kappa shape index (κ3) is 14.9. The molecule has 0 atom stereocenters. The van der Waals surface area contributed by atoms with Gasteiger partial charge in [-0.05, 0) is 48.2 Å². The summed E-state index contributed by atoms with van der Waals surface area (Å²) in [7, 11) is 2.95. The third-order valence-electron chi connectivity index (χ3n) is 8.18. The van der Waals surface area contributed by atoms with Gasteiger partial charge in [0.05, 0.1) is 45.9 Å². The molecule has 0 fully saturated rings. The molecule has 0 aliphatic rings. The average molecular weight is 721 g/mol. The van der Waals surface area contributed by atoms with Crippen molar-refractivity contribution in [2.45, 2.75) is 12.8 Å². The van der Waals surface area contributed by atoms with E-state index in [9.17, 15) is 28.4 Å². The van der Waals surface area contributed by atoms with Crippen LogP contribution in [-0.4, -0.2) is 135 Å². The van der Waals surface area contributed by atoms with E-state index in [0.717, 1.165) is 11.1 Å². The van der Waals surface area contributed by atoms with E-state index >= 15 is 0 Å². The normalized spacial score (nSPS) is 10.7. The van der Waals surface area contributed by atoms with Crippen LogP contribution in [0.3, 0.4) is 0 Å². The second-order valence-electron chi connectivity index (χ2n) is 12.0. The molecule has 0 saturated heterocycles. The summed E-state index contributed by atoms with van der Waals surface area (Å²) >= 11 is 0. The number of carbonyl (C=O) groups is 5. The molecule has 0 heterocycles. The van der Waals surface area contributed by atoms with Crippen molar-refractivity contribution in [2.75, 3.05) is 91.7 Å². The Morgan fingerprint density at radius 3 is 1.40 bits per heavy atom. The van der Waals surface area contributed by atoms with Crippen molar-refractivity contribution in [2.24, 2.45) is 5.73 Å². The molecule has 0 aromatic heterocycles. The fourth-order valence-corrected chi connectivity index (χ4v) is 5.22. The van der Waals surface area contributed by atoms with Crippen LogP contribution in [0, 0.1) is 5.82 Å². The van der Waals surface area contributed by atoms with E-state index in [0.29, 0.717) is 18.5 Å². The van der Waals surface area contributed by atoms with Crippen molar-refractivity contribution in [3.63, 3.8) is 0 Å². The summed E-state index contributed by atoms with van der Waals surface area (Å²) in [5.74, 6) is -2.97. The van der Waals surface area contributed by atoms with Crippen LogP contribution >= 0.6 is 0 Å². The van der Waals surface area contributed by atoms with Gasteiger partial charge in [-0.3, -0.25) is 24.0 Å². The number of hydrogen-bond acceptors (Lipinski definition) is 8. The maximum atomic E-state index is 13.9. The lowest BCUT2D eigenvalue weighted by Gasteiger charge is -2.31. The van der Waals surface area contributed by atoms with E-state index in [1.807, 2.05) is 60.7 Å². The van der Waals surface area contributed by atoms with Crippen molar-refractivity contribution >= 4 is 35.2 Å². The number of nitrogens with two attached hydrogens (primary N) is 1. The Kier molecular flexibility index (Phi) is 17.8. The first-order valence-electron chi connectivity index (χ1n) is 17.0. The zero-order chi connectivity index (χ0) is 37.7. The zero-order valence-corrected chi connectivity index (χ0v) is 29.9. The fraction of sp³-hybridized carbons (Fsp3) is 0.395. The molecule has 5 amide bonds. The van der Waals surface area contributed by atoms with Crippen LogP contribution in [0.15, 0.2) is 84.9 Å². The first kappa shape index (κ1) is 41.1. The number of amides is 5. The Balaban J connectivity index is 1.77. The molecule has 14 heteroatoms. The van der Waals surface area contributed by atoms with Crippen molar-refractivity contribution in [1.82, 2.24) is 19.6 Å². The topological polar surface area (TPSA) is 155 Å². The molecular formula is C38H49FN6O7. The lowest BCUT2D eigenvalue weighted by molar-refractivity contribution is -0.146. The monoisotopic (exact) mass is 720 g/mol. The van der Waals surface area contributed by atoms with Gasteiger partial charge in [-0.25, -0.2) is 4.39 Å². The highest BCUT2D eigenvalue weighted by molar-refractivity contribution is 5.91. The molecular weight excluding hydrogens is 671 g/mol. The number of carbonyl (C=O) groups excluding carboxylic acids is 5. The smallest absolute Gasteiger partial charge is 0.242 e. The average Bonchev–Trinajstić information content (AvgIpc) is 3.15. The van der Waals surface area contributed by atoms with Gasteiger partial charge in [0, 0.05) is 46.1 Å². The molecule has 3 N–H and O–H groups in total. The van der Waals surface area contributed by atoms with Crippen molar-refractivity contribution in [3.8, 4) is 0 Å². The molecule has 0 bridgehead atoms. The van der Waals surface area contributed by atoms with Crippen molar-refractivity contribution < 1.29 is 37.8 Å². The number of hydrogen-bond donors (Lipinski definition) is 2. The molecule has 0 spiro atoms. The van der Waals surface area contributed by atoms with Crippen molar-refractivity contribution in [3.05, 3.63) is 102 Å². The van der Waals surface area contributed by atoms with Crippen LogP contribution < -0.4 is 11.1 Å². The summed E-state index contributed by atoms with van der Waals surface area (Å²) in [6.45, 7) is -0.732. The summed E-state index contributed by atoms with van der Waals surface area (Å²) in [5.41, 5.74) is 7.90. The number of methoxy groups -OCH3 is 2. The second kappa shape index (κ2) is 22.5. The van der Waals surface area contributed by atoms with Crippen LogP contribution in [0.1, 0.15) is 11.1 Å². The first-order chi connectivity index (χ1) is 25.1. The maximum Gasteiger partial charge on any atom is 0.242 e. The molecule has 0 saturated carbocycles. The Labute approximate surface area is 304 Å². The van der Waals surface area contributed by atoms with Crippen LogP contribution in [0.2, 0.25) is 0 Å². The van der Waals surface area contributed by atoms with Gasteiger partial charge in [-0.2, -0.15) is 0 Å². The van der Waals surface area contributed by atoms with Gasteiger partial charge in [0.25, 0.3) is 0 Å². The Morgan fingerprint density at radius 2 is 0.981 bits per heavy atom. The second-order valence-corrected chi connectivity index (χ2v) is 12.0. The zero-order valence-electron chi connectivity index (χ0n) is 29.9. The number of rotatable bonds is 23. The van der Waals surface area contributed by atoms with E-state index in [1.165, 1.54) is 58.1 Å². The summed E-state index contributed by atoms with van der Waals surface area (Å²) in [6, 6.07) is 24.4. The van der Waals surface area contributed by atoms with E-state index in [-0.39, 0.29) is 72.1 Å². The molecule has 0 unspecified atom stereocenters. The summed E-state index contributed by atoms with van der Waals surface area (Å²) in [5, 5.41) is 2.94. The number of primary amides is 1. The Bertz CT molecular complexity index is 1560. The molecule has 13 nitrogen and oxygen atoms in total. The quantitative estimate of drug-likeness (QED) is 0.150. The van der Waals surface area contributed by atoms with Gasteiger partial charge in [0.15, 0.2) is 0 Å². The number of nitrogens with one attached hydrogen (secondary N) is 1. The largest absolute Gasteiger partial charge is 0.383 e. The Morgan fingerprint density at radius 1 is 0.577 bits per heavy atom. The standard InChI is InChI=1S/C38H49FN6O7/c1-51-23-21-44(35(47)25-41-33-15-13-32(39)14-16-33)28-37(49)43(20-18-31-11-7-4-8-12-31)27-38(50)45(22-24-52-2)29-36(48)42(26-34(40)46)19-17-30-9-5-3-6-10-30/h3-16,41H,17-29H2,1-2H3,(H2,40,46). The van der Waals surface area contributed by atoms with Gasteiger partial charge in [0.1, 0.15) is 5.82 Å². The van der Waals surface area contributed by atoms with Crippen molar-refractivity contribution in [1.29, 1.82) is 0 Å². The lowest BCUT2D eigenvalue weighted by Crippen LogP contribution is -2.52. The van der Waals surface area contributed by atoms with Gasteiger partial charge in [-0.15, -0.1) is 0 Å². The minimum atomic E-state index is -0.686. The van der Waals surface area contributed by atoms with Gasteiger partial charge < -0.3 is 40.1 Å².